The maximum absolute atomic E-state index is 13.3. The van der Waals surface area contributed by atoms with Crippen molar-refractivity contribution >= 4 is 29.2 Å². The number of nitrogens with one attached hydrogen (secondary N) is 1. The van der Waals surface area contributed by atoms with Crippen LogP contribution in [0.1, 0.15) is 5.56 Å². The summed E-state index contributed by atoms with van der Waals surface area (Å²) < 4.78 is 26.6. The Kier molecular flexibility index (Phi) is 4.68. The molecule has 3 aromatic rings. The molecule has 0 saturated carbocycles. The van der Waals surface area contributed by atoms with Crippen molar-refractivity contribution in [2.45, 2.75) is 6.61 Å². The first-order valence-electron chi connectivity index (χ1n) is 6.95. The van der Waals surface area contributed by atoms with E-state index in [0.717, 1.165) is 18.2 Å². The van der Waals surface area contributed by atoms with E-state index in [4.69, 9.17) is 17.3 Å². The second-order valence-corrected chi connectivity index (χ2v) is 5.35. The lowest BCUT2D eigenvalue weighted by Crippen LogP contribution is -2.06. The van der Waals surface area contributed by atoms with Gasteiger partial charge in [-0.2, -0.15) is 15.0 Å². The van der Waals surface area contributed by atoms with Crippen LogP contribution in [-0.2, 0) is 6.61 Å². The molecule has 0 amide bonds. The molecule has 0 aliphatic carbocycles. The van der Waals surface area contributed by atoms with E-state index in [-0.39, 0.29) is 40.9 Å². The number of anilines is 3. The largest absolute Gasteiger partial charge is 0.392 e. The molecule has 2 aromatic heterocycles. The van der Waals surface area contributed by atoms with Gasteiger partial charge in [0.25, 0.3) is 0 Å². The molecule has 128 valence electrons. The summed E-state index contributed by atoms with van der Waals surface area (Å²) in [7, 11) is 0. The van der Waals surface area contributed by atoms with Gasteiger partial charge < -0.3 is 16.2 Å². The number of hydrogen-bond acceptors (Lipinski definition) is 7. The standard InChI is InChI=1S/C15H11ClF2N6O/c16-12-2-7(6-25)1-11(21-12)13-22-14(19)24-15(23-13)20-10-4-8(17)3-9(18)5-10/h1-5,25H,6H2,(H3,19,20,22,23,24). The summed E-state index contributed by atoms with van der Waals surface area (Å²) in [6, 6.07) is 5.91. The highest BCUT2D eigenvalue weighted by Crippen LogP contribution is 2.22. The molecule has 2 heterocycles. The van der Waals surface area contributed by atoms with Crippen LogP contribution in [0, 0.1) is 11.6 Å². The number of nitrogen functional groups attached to an aromatic ring is 1. The van der Waals surface area contributed by atoms with E-state index in [2.05, 4.69) is 25.3 Å². The number of aliphatic hydroxyl groups excluding tert-OH is 1. The minimum absolute atomic E-state index is 0.0279. The van der Waals surface area contributed by atoms with Crippen LogP contribution >= 0.6 is 11.6 Å². The number of halogens is 3. The highest BCUT2D eigenvalue weighted by molar-refractivity contribution is 6.29. The summed E-state index contributed by atoms with van der Waals surface area (Å²) in [5.74, 6) is -1.58. The van der Waals surface area contributed by atoms with Crippen LogP contribution in [0.25, 0.3) is 11.5 Å². The average Bonchev–Trinajstić information content (AvgIpc) is 2.52. The van der Waals surface area contributed by atoms with Gasteiger partial charge in [0.2, 0.25) is 11.9 Å². The zero-order chi connectivity index (χ0) is 18.0. The number of aromatic nitrogens is 4. The maximum atomic E-state index is 13.3. The quantitative estimate of drug-likeness (QED) is 0.610. The fraction of sp³-hybridized carbons (Fsp3) is 0.0667. The molecule has 0 unspecified atom stereocenters. The fourth-order valence-electron chi connectivity index (χ4n) is 2.07. The molecule has 4 N–H and O–H groups in total. The molecule has 0 saturated heterocycles. The smallest absolute Gasteiger partial charge is 0.232 e. The summed E-state index contributed by atoms with van der Waals surface area (Å²) in [6.45, 7) is -0.247. The van der Waals surface area contributed by atoms with E-state index < -0.39 is 11.6 Å². The number of aliphatic hydroxyl groups is 1. The number of benzene rings is 1. The summed E-state index contributed by atoms with van der Waals surface area (Å²) in [4.78, 5) is 16.0. The average molecular weight is 365 g/mol. The number of nitrogens with zero attached hydrogens (tertiary/aromatic N) is 4. The Morgan fingerprint density at radius 2 is 1.72 bits per heavy atom. The predicted molar refractivity (Wildman–Crippen MR) is 88.0 cm³/mol. The second kappa shape index (κ2) is 6.91. The zero-order valence-electron chi connectivity index (χ0n) is 12.5. The minimum Gasteiger partial charge on any atom is -0.392 e. The van der Waals surface area contributed by atoms with Crippen molar-refractivity contribution < 1.29 is 13.9 Å². The van der Waals surface area contributed by atoms with E-state index >= 15 is 0 Å². The van der Waals surface area contributed by atoms with Gasteiger partial charge in [0, 0.05) is 11.8 Å². The first kappa shape index (κ1) is 16.9. The topological polar surface area (TPSA) is 110 Å². The summed E-state index contributed by atoms with van der Waals surface area (Å²) in [6.07, 6.45) is 0. The van der Waals surface area contributed by atoms with Gasteiger partial charge in [0.1, 0.15) is 22.5 Å². The normalized spacial score (nSPS) is 10.7. The van der Waals surface area contributed by atoms with E-state index in [1.54, 1.807) is 0 Å². The lowest BCUT2D eigenvalue weighted by molar-refractivity contribution is 0.282. The molecular formula is C15H11ClF2N6O. The molecule has 0 aliphatic heterocycles. The fourth-order valence-corrected chi connectivity index (χ4v) is 2.30. The van der Waals surface area contributed by atoms with E-state index in [1.165, 1.54) is 12.1 Å². The molecule has 0 spiro atoms. The molecule has 0 bridgehead atoms. The lowest BCUT2D eigenvalue weighted by atomic mass is 10.2. The van der Waals surface area contributed by atoms with Crippen LogP contribution in [0.3, 0.4) is 0 Å². The number of nitrogens with two attached hydrogens (primary N) is 1. The maximum Gasteiger partial charge on any atom is 0.232 e. The highest BCUT2D eigenvalue weighted by Gasteiger charge is 2.11. The Bertz CT molecular complexity index is 920. The van der Waals surface area contributed by atoms with Crippen molar-refractivity contribution in [2.75, 3.05) is 11.1 Å². The van der Waals surface area contributed by atoms with E-state index in [1.807, 2.05) is 0 Å². The molecular weight excluding hydrogens is 354 g/mol. The Morgan fingerprint density at radius 1 is 1.00 bits per heavy atom. The van der Waals surface area contributed by atoms with Crippen LogP contribution in [0.15, 0.2) is 30.3 Å². The van der Waals surface area contributed by atoms with Crippen LogP contribution in [0.5, 0.6) is 0 Å². The second-order valence-electron chi connectivity index (χ2n) is 4.97. The Labute approximate surface area is 145 Å². The molecule has 0 atom stereocenters. The Balaban J connectivity index is 1.99. The van der Waals surface area contributed by atoms with Crippen molar-refractivity contribution in [3.8, 4) is 11.5 Å². The molecule has 10 heteroatoms. The number of rotatable bonds is 4. The van der Waals surface area contributed by atoms with Crippen LogP contribution in [-0.4, -0.2) is 25.0 Å². The summed E-state index contributed by atoms with van der Waals surface area (Å²) >= 11 is 5.90. The molecule has 25 heavy (non-hydrogen) atoms. The SMILES string of the molecule is Nc1nc(Nc2cc(F)cc(F)c2)nc(-c2cc(CO)cc(Cl)n2)n1. The van der Waals surface area contributed by atoms with Crippen LogP contribution < -0.4 is 11.1 Å². The van der Waals surface area contributed by atoms with Crippen molar-refractivity contribution in [3.05, 3.63) is 52.7 Å². The van der Waals surface area contributed by atoms with Crippen LogP contribution in [0.2, 0.25) is 5.15 Å². The molecule has 0 fully saturated rings. The number of hydrogen-bond donors (Lipinski definition) is 3. The molecule has 0 radical (unpaired) electrons. The third-order valence-corrected chi connectivity index (χ3v) is 3.23. The van der Waals surface area contributed by atoms with Gasteiger partial charge in [-0.15, -0.1) is 0 Å². The minimum atomic E-state index is -0.756. The molecule has 0 aliphatic rings. The summed E-state index contributed by atoms with van der Waals surface area (Å²) in [5.41, 5.74) is 6.53. The first-order chi connectivity index (χ1) is 11.9. The van der Waals surface area contributed by atoms with Gasteiger partial charge >= 0.3 is 0 Å². The van der Waals surface area contributed by atoms with Gasteiger partial charge in [-0.05, 0) is 29.8 Å². The van der Waals surface area contributed by atoms with E-state index in [0.29, 0.717) is 5.56 Å². The third-order valence-electron chi connectivity index (χ3n) is 3.04. The van der Waals surface area contributed by atoms with Gasteiger partial charge in [0.05, 0.1) is 6.61 Å². The van der Waals surface area contributed by atoms with Crippen molar-refractivity contribution in [2.24, 2.45) is 0 Å². The highest BCUT2D eigenvalue weighted by atomic mass is 35.5. The lowest BCUT2D eigenvalue weighted by Gasteiger charge is -2.08. The monoisotopic (exact) mass is 364 g/mol. The molecule has 3 rings (SSSR count). The molecule has 1 aromatic carbocycles. The predicted octanol–water partition coefficient (Wildman–Crippen LogP) is 2.68. The van der Waals surface area contributed by atoms with Crippen molar-refractivity contribution in [1.29, 1.82) is 0 Å². The summed E-state index contributed by atoms with van der Waals surface area (Å²) in [5, 5.41) is 12.0. The first-order valence-corrected chi connectivity index (χ1v) is 7.33. The van der Waals surface area contributed by atoms with Crippen molar-refractivity contribution in [3.63, 3.8) is 0 Å². The Morgan fingerprint density at radius 3 is 2.40 bits per heavy atom. The van der Waals surface area contributed by atoms with Gasteiger partial charge in [0.15, 0.2) is 5.82 Å². The molecule has 7 nitrogen and oxygen atoms in total. The zero-order valence-corrected chi connectivity index (χ0v) is 13.3. The third kappa shape index (κ3) is 4.14. The Hall–Kier alpha value is -2.91. The van der Waals surface area contributed by atoms with Gasteiger partial charge in [-0.1, -0.05) is 11.6 Å². The van der Waals surface area contributed by atoms with E-state index in [9.17, 15) is 13.9 Å². The van der Waals surface area contributed by atoms with Crippen LogP contribution in [0.4, 0.5) is 26.4 Å². The van der Waals surface area contributed by atoms with Crippen molar-refractivity contribution in [1.82, 2.24) is 19.9 Å². The van der Waals surface area contributed by atoms with Gasteiger partial charge in [-0.25, -0.2) is 13.8 Å². The number of pyridine rings is 1. The van der Waals surface area contributed by atoms with Gasteiger partial charge in [-0.3, -0.25) is 0 Å².